The number of carbonyl (C=O) groups excluding carboxylic acids is 2. The Balaban J connectivity index is 1.68. The zero-order chi connectivity index (χ0) is 20.7. The van der Waals surface area contributed by atoms with Gasteiger partial charge in [-0.15, -0.1) is 0 Å². The smallest absolute Gasteiger partial charge is 0.416 e. The number of aromatic nitrogens is 2. The highest BCUT2D eigenvalue weighted by Gasteiger charge is 2.42. The van der Waals surface area contributed by atoms with Gasteiger partial charge >= 0.3 is 6.09 Å². The van der Waals surface area contributed by atoms with Crippen molar-refractivity contribution in [3.8, 4) is 11.4 Å². The molecule has 2 amide bonds. The van der Waals surface area contributed by atoms with Gasteiger partial charge in [0.25, 0.3) is 6.43 Å². The molecule has 0 radical (unpaired) electrons. The van der Waals surface area contributed by atoms with Gasteiger partial charge in [0.1, 0.15) is 24.5 Å². The Hall–Kier alpha value is -3.37. The number of nitrogens with zero attached hydrogens (tertiary/aromatic N) is 3. The van der Waals surface area contributed by atoms with E-state index < -0.39 is 30.5 Å². The zero-order valence-electron chi connectivity index (χ0n) is 15.6. The summed E-state index contributed by atoms with van der Waals surface area (Å²) in [5.74, 6) is 0.201. The van der Waals surface area contributed by atoms with E-state index in [4.69, 9.17) is 10.5 Å². The summed E-state index contributed by atoms with van der Waals surface area (Å²) < 4.78 is 33.2. The lowest BCUT2D eigenvalue weighted by Gasteiger charge is -2.18. The number of nitrogens with one attached hydrogen (secondary N) is 2. The monoisotopic (exact) mass is 406 g/mol. The van der Waals surface area contributed by atoms with E-state index in [2.05, 4.69) is 15.6 Å². The third-order valence-electron chi connectivity index (χ3n) is 4.95. The average molecular weight is 406 g/mol. The molecule has 0 bridgehead atoms. The molecule has 0 spiro atoms. The number of nitrogens with two attached hydrogens (primary N) is 1. The second-order valence-corrected chi connectivity index (χ2v) is 6.92. The van der Waals surface area contributed by atoms with E-state index >= 15 is 0 Å². The number of halogens is 2. The molecule has 9 nitrogen and oxygen atoms in total. The number of benzene rings is 1. The minimum absolute atomic E-state index is 0.130. The largest absolute Gasteiger partial charge is 0.447 e. The van der Waals surface area contributed by atoms with Gasteiger partial charge in [0.2, 0.25) is 5.91 Å². The van der Waals surface area contributed by atoms with Crippen LogP contribution in [0.3, 0.4) is 0 Å². The predicted octanol–water partition coefficient (Wildman–Crippen LogP) is 1.85. The lowest BCUT2D eigenvalue weighted by Crippen LogP contribution is -2.38. The van der Waals surface area contributed by atoms with Crippen molar-refractivity contribution in [2.75, 3.05) is 28.7 Å². The molecule has 0 aliphatic carbocycles. The molecule has 1 fully saturated rings. The molecule has 1 aromatic carbocycles. The Morgan fingerprint density at radius 1 is 1.45 bits per heavy atom. The fraction of sp³-hybridized carbons (Fsp3) is 0.389. The third-order valence-corrected chi connectivity index (χ3v) is 4.95. The van der Waals surface area contributed by atoms with Crippen LogP contribution in [0.15, 0.2) is 24.4 Å². The molecule has 4 rings (SSSR count). The number of hydrogen-bond donors (Lipinski definition) is 3. The SMILES string of the molecule is C[C@H](Nc1ccc2c(c1)NCCn1cc(N3C(=O)OC[C@H]3C(F)F)nc1-2)C(N)=O. The summed E-state index contributed by atoms with van der Waals surface area (Å²) in [7, 11) is 0. The number of imidazole rings is 1. The molecule has 0 saturated carbocycles. The lowest BCUT2D eigenvalue weighted by molar-refractivity contribution is -0.118. The van der Waals surface area contributed by atoms with Crippen molar-refractivity contribution in [3.05, 3.63) is 24.4 Å². The molecule has 2 aromatic rings. The predicted molar refractivity (Wildman–Crippen MR) is 102 cm³/mol. The quantitative estimate of drug-likeness (QED) is 0.698. The van der Waals surface area contributed by atoms with Crippen LogP contribution in [0, 0.1) is 0 Å². The first-order valence-corrected chi connectivity index (χ1v) is 9.10. The van der Waals surface area contributed by atoms with Crippen molar-refractivity contribution in [1.82, 2.24) is 9.55 Å². The van der Waals surface area contributed by atoms with Crippen LogP contribution in [0.4, 0.5) is 30.8 Å². The number of cyclic esters (lactones) is 1. The highest BCUT2D eigenvalue weighted by molar-refractivity contribution is 5.90. The second-order valence-electron chi connectivity index (χ2n) is 6.92. The van der Waals surface area contributed by atoms with E-state index in [9.17, 15) is 18.4 Å². The Labute approximate surface area is 164 Å². The van der Waals surface area contributed by atoms with Crippen LogP contribution >= 0.6 is 0 Å². The number of ether oxygens (including phenoxy) is 1. The second kappa shape index (κ2) is 7.22. The summed E-state index contributed by atoms with van der Waals surface area (Å²) >= 11 is 0. The zero-order valence-corrected chi connectivity index (χ0v) is 15.6. The van der Waals surface area contributed by atoms with Gasteiger partial charge in [-0.2, -0.15) is 0 Å². The molecule has 1 saturated heterocycles. The summed E-state index contributed by atoms with van der Waals surface area (Å²) in [6, 6.07) is 3.50. The molecule has 29 heavy (non-hydrogen) atoms. The van der Waals surface area contributed by atoms with Crippen LogP contribution in [-0.2, 0) is 16.1 Å². The topological polar surface area (TPSA) is 115 Å². The van der Waals surface area contributed by atoms with Gasteiger partial charge in [-0.3, -0.25) is 4.79 Å². The molecule has 0 unspecified atom stereocenters. The molecule has 4 N–H and O–H groups in total. The Morgan fingerprint density at radius 2 is 2.24 bits per heavy atom. The number of amides is 2. The van der Waals surface area contributed by atoms with E-state index in [1.165, 1.54) is 0 Å². The van der Waals surface area contributed by atoms with Gasteiger partial charge in [0.15, 0.2) is 5.82 Å². The van der Waals surface area contributed by atoms with Gasteiger partial charge in [-0.1, -0.05) is 0 Å². The van der Waals surface area contributed by atoms with Crippen molar-refractivity contribution in [1.29, 1.82) is 0 Å². The van der Waals surface area contributed by atoms with E-state index in [1.807, 2.05) is 6.07 Å². The van der Waals surface area contributed by atoms with Crippen LogP contribution in [0.1, 0.15) is 6.92 Å². The average Bonchev–Trinajstić information content (AvgIpc) is 3.21. The third kappa shape index (κ3) is 3.43. The summed E-state index contributed by atoms with van der Waals surface area (Å²) in [4.78, 5) is 28.6. The van der Waals surface area contributed by atoms with Gasteiger partial charge < -0.3 is 25.7 Å². The number of alkyl halides is 2. The molecule has 2 aliphatic rings. The molecule has 11 heteroatoms. The summed E-state index contributed by atoms with van der Waals surface area (Å²) in [6.45, 7) is 2.38. The fourth-order valence-electron chi connectivity index (χ4n) is 3.40. The van der Waals surface area contributed by atoms with Gasteiger partial charge in [0, 0.05) is 36.2 Å². The Kier molecular flexibility index (Phi) is 4.73. The number of fused-ring (bicyclic) bond motifs is 3. The summed E-state index contributed by atoms with van der Waals surface area (Å²) in [5, 5.41) is 6.30. The van der Waals surface area contributed by atoms with Crippen molar-refractivity contribution in [3.63, 3.8) is 0 Å². The molecule has 2 aliphatic heterocycles. The Morgan fingerprint density at radius 3 is 2.97 bits per heavy atom. The maximum absolute atomic E-state index is 13.3. The molecule has 154 valence electrons. The lowest BCUT2D eigenvalue weighted by atomic mass is 10.1. The van der Waals surface area contributed by atoms with E-state index in [0.29, 0.717) is 24.6 Å². The molecular weight excluding hydrogens is 386 g/mol. The summed E-state index contributed by atoms with van der Waals surface area (Å²) in [6.07, 6.45) is -1.99. The van der Waals surface area contributed by atoms with Crippen molar-refractivity contribution < 1.29 is 23.1 Å². The highest BCUT2D eigenvalue weighted by Crippen LogP contribution is 2.35. The molecule has 2 atom stereocenters. The standard InChI is InChI=1S/C18H20F2N6O3/c1-9(16(21)27)23-10-2-3-11-12(6-10)22-4-5-25-7-14(24-17(11)25)26-13(15(19)20)8-29-18(26)28/h2-3,6-7,9,13,15,22-23H,4-5,8H2,1H3,(H2,21,27)/t9-,13-/m0/s1. The van der Waals surface area contributed by atoms with E-state index in [0.717, 1.165) is 16.2 Å². The Bertz CT molecular complexity index is 963. The first kappa shape index (κ1) is 19.0. The first-order valence-electron chi connectivity index (χ1n) is 9.10. The normalized spacial score (nSPS) is 19.1. The number of rotatable bonds is 5. The number of anilines is 3. The van der Waals surface area contributed by atoms with E-state index in [-0.39, 0.29) is 12.4 Å². The van der Waals surface area contributed by atoms with Crippen molar-refractivity contribution in [2.45, 2.75) is 32.0 Å². The minimum atomic E-state index is -2.74. The van der Waals surface area contributed by atoms with Gasteiger partial charge in [-0.05, 0) is 25.1 Å². The van der Waals surface area contributed by atoms with Crippen LogP contribution in [0.25, 0.3) is 11.4 Å². The fourth-order valence-corrected chi connectivity index (χ4v) is 3.40. The molecule has 3 heterocycles. The minimum Gasteiger partial charge on any atom is -0.447 e. The molecule has 1 aromatic heterocycles. The van der Waals surface area contributed by atoms with Gasteiger partial charge in [0.05, 0.1) is 0 Å². The summed E-state index contributed by atoms with van der Waals surface area (Å²) in [5.41, 5.74) is 7.49. The van der Waals surface area contributed by atoms with Crippen LogP contribution < -0.4 is 21.3 Å². The van der Waals surface area contributed by atoms with Crippen LogP contribution in [0.2, 0.25) is 0 Å². The van der Waals surface area contributed by atoms with Crippen molar-refractivity contribution in [2.24, 2.45) is 5.73 Å². The number of hydrogen-bond acceptors (Lipinski definition) is 6. The van der Waals surface area contributed by atoms with Crippen LogP contribution in [-0.4, -0.2) is 53.2 Å². The maximum Gasteiger partial charge on any atom is 0.416 e. The number of primary amides is 1. The molecular formula is C18H20F2N6O3. The van der Waals surface area contributed by atoms with Gasteiger partial charge in [-0.25, -0.2) is 23.5 Å². The highest BCUT2D eigenvalue weighted by atomic mass is 19.3. The number of carbonyl (C=O) groups is 2. The van der Waals surface area contributed by atoms with Crippen LogP contribution in [0.5, 0.6) is 0 Å². The maximum atomic E-state index is 13.3. The van der Waals surface area contributed by atoms with E-state index in [1.54, 1.807) is 29.8 Å². The van der Waals surface area contributed by atoms with Crippen molar-refractivity contribution >= 4 is 29.2 Å². The first-order chi connectivity index (χ1) is 13.8.